The molecule has 1 amide bonds. The minimum Gasteiger partial charge on any atom is -0.370 e. The van der Waals surface area contributed by atoms with E-state index in [9.17, 15) is 9.59 Å². The first-order valence-electron chi connectivity index (χ1n) is 8.50. The summed E-state index contributed by atoms with van der Waals surface area (Å²) >= 11 is 0. The number of rotatable bonds is 5. The van der Waals surface area contributed by atoms with Gasteiger partial charge >= 0.3 is 0 Å². The zero-order valence-electron chi connectivity index (χ0n) is 14.6. The standard InChI is InChI=1S/C17H28N4O2/c1-5-17(3,4)16(23)19-13-7-9-20(10-8-13)14-11-15(22)21(6-2)18-12-14/h11-13H,5-10H2,1-4H3,(H,19,23). The molecule has 1 N–H and O–H groups in total. The number of anilines is 1. The summed E-state index contributed by atoms with van der Waals surface area (Å²) in [6, 6.07) is 1.86. The number of hydrogen-bond donors (Lipinski definition) is 1. The number of nitrogens with zero attached hydrogens (tertiary/aromatic N) is 3. The van der Waals surface area contributed by atoms with E-state index in [-0.39, 0.29) is 22.9 Å². The Hall–Kier alpha value is -1.85. The third-order valence-electron chi connectivity index (χ3n) is 4.85. The van der Waals surface area contributed by atoms with E-state index < -0.39 is 0 Å². The van der Waals surface area contributed by atoms with Crippen molar-refractivity contribution in [1.82, 2.24) is 15.1 Å². The second kappa shape index (κ2) is 7.15. The molecule has 0 radical (unpaired) electrons. The summed E-state index contributed by atoms with van der Waals surface area (Å²) in [6.45, 7) is 10.1. The molecular formula is C17H28N4O2. The molecule has 128 valence electrons. The molecule has 1 aliphatic rings. The first-order chi connectivity index (χ1) is 10.9. The van der Waals surface area contributed by atoms with Gasteiger partial charge in [-0.15, -0.1) is 0 Å². The molecule has 1 fully saturated rings. The van der Waals surface area contributed by atoms with Gasteiger partial charge in [-0.3, -0.25) is 9.59 Å². The van der Waals surface area contributed by atoms with Crippen LogP contribution >= 0.6 is 0 Å². The van der Waals surface area contributed by atoms with Gasteiger partial charge in [0, 0.05) is 37.2 Å². The fraction of sp³-hybridized carbons (Fsp3) is 0.706. The maximum Gasteiger partial charge on any atom is 0.268 e. The van der Waals surface area contributed by atoms with Crippen LogP contribution in [0.2, 0.25) is 0 Å². The highest BCUT2D eigenvalue weighted by Crippen LogP contribution is 2.22. The number of hydrogen-bond acceptors (Lipinski definition) is 4. The van der Waals surface area contributed by atoms with Crippen LogP contribution in [0.25, 0.3) is 0 Å². The number of carbonyl (C=O) groups excluding carboxylic acids is 1. The van der Waals surface area contributed by atoms with Crippen molar-refractivity contribution in [2.75, 3.05) is 18.0 Å². The molecular weight excluding hydrogens is 292 g/mol. The number of piperidine rings is 1. The van der Waals surface area contributed by atoms with Crippen molar-refractivity contribution >= 4 is 11.6 Å². The van der Waals surface area contributed by atoms with E-state index in [4.69, 9.17) is 0 Å². The molecule has 0 aromatic carbocycles. The van der Waals surface area contributed by atoms with E-state index in [1.54, 1.807) is 12.3 Å². The summed E-state index contributed by atoms with van der Waals surface area (Å²) in [5.41, 5.74) is 0.495. The Morgan fingerprint density at radius 3 is 2.52 bits per heavy atom. The lowest BCUT2D eigenvalue weighted by Gasteiger charge is -2.35. The molecule has 0 unspecified atom stereocenters. The Morgan fingerprint density at radius 1 is 1.35 bits per heavy atom. The molecule has 2 rings (SSSR count). The van der Waals surface area contributed by atoms with E-state index >= 15 is 0 Å². The number of aromatic nitrogens is 2. The topological polar surface area (TPSA) is 67.2 Å². The van der Waals surface area contributed by atoms with Gasteiger partial charge in [0.25, 0.3) is 5.56 Å². The monoisotopic (exact) mass is 320 g/mol. The first-order valence-corrected chi connectivity index (χ1v) is 8.50. The fourth-order valence-electron chi connectivity index (χ4n) is 2.66. The van der Waals surface area contributed by atoms with Crippen LogP contribution in [0, 0.1) is 5.41 Å². The molecule has 0 atom stereocenters. The zero-order chi connectivity index (χ0) is 17.0. The summed E-state index contributed by atoms with van der Waals surface area (Å²) < 4.78 is 1.45. The third kappa shape index (κ3) is 4.12. The van der Waals surface area contributed by atoms with Crippen molar-refractivity contribution in [3.63, 3.8) is 0 Å². The van der Waals surface area contributed by atoms with E-state index in [0.29, 0.717) is 6.54 Å². The van der Waals surface area contributed by atoms with Crippen LogP contribution in [-0.2, 0) is 11.3 Å². The molecule has 2 heterocycles. The summed E-state index contributed by atoms with van der Waals surface area (Å²) in [5, 5.41) is 7.34. The molecule has 1 aliphatic heterocycles. The van der Waals surface area contributed by atoms with Gasteiger partial charge in [-0.05, 0) is 26.2 Å². The quantitative estimate of drug-likeness (QED) is 0.898. The van der Waals surface area contributed by atoms with Crippen molar-refractivity contribution in [1.29, 1.82) is 0 Å². The molecule has 0 bridgehead atoms. The molecule has 6 heteroatoms. The van der Waals surface area contributed by atoms with Crippen molar-refractivity contribution in [3.8, 4) is 0 Å². The molecule has 0 aliphatic carbocycles. The van der Waals surface area contributed by atoms with Crippen LogP contribution < -0.4 is 15.8 Å². The van der Waals surface area contributed by atoms with Crippen molar-refractivity contribution in [3.05, 3.63) is 22.6 Å². The zero-order valence-corrected chi connectivity index (χ0v) is 14.6. The Bertz CT molecular complexity index is 601. The molecule has 23 heavy (non-hydrogen) atoms. The minimum atomic E-state index is -0.314. The van der Waals surface area contributed by atoms with Gasteiger partial charge in [-0.2, -0.15) is 5.10 Å². The van der Waals surface area contributed by atoms with Crippen LogP contribution in [0.1, 0.15) is 47.0 Å². The lowest BCUT2D eigenvalue weighted by Crippen LogP contribution is -2.48. The lowest BCUT2D eigenvalue weighted by atomic mass is 9.88. The molecule has 0 saturated carbocycles. The van der Waals surface area contributed by atoms with Gasteiger partial charge in [0.1, 0.15) is 0 Å². The Kier molecular flexibility index (Phi) is 5.44. The van der Waals surface area contributed by atoms with Gasteiger partial charge in [0.05, 0.1) is 11.9 Å². The lowest BCUT2D eigenvalue weighted by molar-refractivity contribution is -0.130. The Morgan fingerprint density at radius 2 is 2.00 bits per heavy atom. The maximum atomic E-state index is 12.3. The predicted octanol–water partition coefficient (Wildman–Crippen LogP) is 1.78. The second-order valence-corrected chi connectivity index (χ2v) is 6.84. The SMILES string of the molecule is CCn1ncc(N2CCC(NC(=O)C(C)(C)CC)CC2)cc1=O. The average Bonchev–Trinajstić information content (AvgIpc) is 2.55. The van der Waals surface area contributed by atoms with Gasteiger partial charge < -0.3 is 10.2 Å². The Labute approximate surface area is 137 Å². The van der Waals surface area contributed by atoms with Crippen LogP contribution in [0.3, 0.4) is 0 Å². The number of nitrogens with one attached hydrogen (secondary N) is 1. The number of amides is 1. The molecule has 0 spiro atoms. The van der Waals surface area contributed by atoms with E-state index in [1.165, 1.54) is 4.68 Å². The van der Waals surface area contributed by atoms with Gasteiger partial charge in [0.15, 0.2) is 0 Å². The molecule has 1 aromatic rings. The molecule has 1 aromatic heterocycles. The van der Waals surface area contributed by atoms with Crippen LogP contribution in [0.4, 0.5) is 5.69 Å². The fourth-order valence-corrected chi connectivity index (χ4v) is 2.66. The minimum absolute atomic E-state index is 0.0647. The third-order valence-corrected chi connectivity index (χ3v) is 4.85. The largest absolute Gasteiger partial charge is 0.370 e. The smallest absolute Gasteiger partial charge is 0.268 e. The van der Waals surface area contributed by atoms with Gasteiger partial charge in [-0.1, -0.05) is 20.8 Å². The van der Waals surface area contributed by atoms with Crippen molar-refractivity contribution < 1.29 is 4.79 Å². The maximum absolute atomic E-state index is 12.3. The van der Waals surface area contributed by atoms with Crippen molar-refractivity contribution in [2.24, 2.45) is 5.41 Å². The van der Waals surface area contributed by atoms with E-state index in [2.05, 4.69) is 15.3 Å². The number of carbonyl (C=O) groups is 1. The van der Waals surface area contributed by atoms with E-state index in [1.807, 2.05) is 27.7 Å². The highest BCUT2D eigenvalue weighted by Gasteiger charge is 2.29. The predicted molar refractivity (Wildman–Crippen MR) is 91.6 cm³/mol. The molecule has 1 saturated heterocycles. The highest BCUT2D eigenvalue weighted by atomic mass is 16.2. The summed E-state index contributed by atoms with van der Waals surface area (Å²) in [4.78, 5) is 26.3. The average molecular weight is 320 g/mol. The summed E-state index contributed by atoms with van der Waals surface area (Å²) in [5.74, 6) is 0.130. The Balaban J connectivity index is 1.92. The van der Waals surface area contributed by atoms with Gasteiger partial charge in [-0.25, -0.2) is 4.68 Å². The van der Waals surface area contributed by atoms with Crippen LogP contribution in [0.5, 0.6) is 0 Å². The molecule has 6 nitrogen and oxygen atoms in total. The normalized spacial score (nSPS) is 16.4. The first kappa shape index (κ1) is 17.5. The van der Waals surface area contributed by atoms with Crippen LogP contribution in [0.15, 0.2) is 17.1 Å². The summed E-state index contributed by atoms with van der Waals surface area (Å²) in [7, 11) is 0. The van der Waals surface area contributed by atoms with E-state index in [0.717, 1.165) is 38.0 Å². The summed E-state index contributed by atoms with van der Waals surface area (Å²) in [6.07, 6.45) is 4.37. The van der Waals surface area contributed by atoms with Crippen molar-refractivity contribution in [2.45, 2.75) is 59.5 Å². The number of aryl methyl sites for hydroxylation is 1. The second-order valence-electron chi connectivity index (χ2n) is 6.84. The van der Waals surface area contributed by atoms with Crippen LogP contribution in [-0.4, -0.2) is 34.8 Å². The van der Waals surface area contributed by atoms with Gasteiger partial charge in [0.2, 0.25) is 5.91 Å². The highest BCUT2D eigenvalue weighted by molar-refractivity contribution is 5.82.